The molecule has 1 aliphatic rings. The van der Waals surface area contributed by atoms with Gasteiger partial charge in [0, 0.05) is 0 Å². The van der Waals surface area contributed by atoms with Crippen LogP contribution in [-0.4, -0.2) is 15.2 Å². The van der Waals surface area contributed by atoms with Gasteiger partial charge < -0.3 is 9.63 Å². The van der Waals surface area contributed by atoms with Crippen LogP contribution in [0.4, 0.5) is 0 Å². The Labute approximate surface area is 92.9 Å². The van der Waals surface area contributed by atoms with Gasteiger partial charge in [-0.2, -0.15) is 4.98 Å². The van der Waals surface area contributed by atoms with Gasteiger partial charge in [0.15, 0.2) is 5.82 Å². The molecule has 2 atom stereocenters. The Balaban J connectivity index is 1.91. The number of fused-ring (bicyclic) bond motifs is 1. The standard InChI is InChI=1S/C12H12N2O2/c1-7(15)11-13-12(16-14-11)10-6-8-4-2-3-5-9(8)10/h2-5,7,10,15H,6H2,1H3. The summed E-state index contributed by atoms with van der Waals surface area (Å²) in [6, 6.07) is 8.23. The minimum atomic E-state index is -0.673. The Morgan fingerprint density at radius 2 is 2.25 bits per heavy atom. The first-order chi connectivity index (χ1) is 7.75. The summed E-state index contributed by atoms with van der Waals surface area (Å²) in [5.74, 6) is 1.17. The van der Waals surface area contributed by atoms with E-state index in [0.29, 0.717) is 11.7 Å². The lowest BCUT2D eigenvalue weighted by Crippen LogP contribution is -2.18. The van der Waals surface area contributed by atoms with Gasteiger partial charge in [0.1, 0.15) is 6.10 Å². The molecule has 0 saturated heterocycles. The van der Waals surface area contributed by atoms with Gasteiger partial charge in [-0.25, -0.2) is 0 Å². The van der Waals surface area contributed by atoms with E-state index in [2.05, 4.69) is 22.3 Å². The molecule has 1 aromatic carbocycles. The number of aliphatic hydroxyl groups is 1. The highest BCUT2D eigenvalue weighted by atomic mass is 16.5. The van der Waals surface area contributed by atoms with E-state index in [0.717, 1.165) is 6.42 Å². The number of hydrogen-bond acceptors (Lipinski definition) is 4. The fraction of sp³-hybridized carbons (Fsp3) is 0.333. The van der Waals surface area contributed by atoms with Crippen LogP contribution >= 0.6 is 0 Å². The zero-order valence-electron chi connectivity index (χ0n) is 8.92. The van der Waals surface area contributed by atoms with Gasteiger partial charge in [-0.05, 0) is 24.5 Å². The molecule has 1 N–H and O–H groups in total. The highest BCUT2D eigenvalue weighted by Crippen LogP contribution is 2.39. The predicted octanol–water partition coefficient (Wildman–Crippen LogP) is 1.81. The van der Waals surface area contributed by atoms with Gasteiger partial charge in [-0.15, -0.1) is 0 Å². The molecule has 0 aliphatic heterocycles. The highest BCUT2D eigenvalue weighted by molar-refractivity contribution is 5.43. The molecule has 0 fully saturated rings. The van der Waals surface area contributed by atoms with Gasteiger partial charge in [0.25, 0.3) is 0 Å². The lowest BCUT2D eigenvalue weighted by atomic mass is 9.77. The SMILES string of the molecule is CC(O)c1noc(C2Cc3ccccc32)n1. The Hall–Kier alpha value is -1.68. The van der Waals surface area contributed by atoms with Crippen LogP contribution in [0, 0.1) is 0 Å². The molecule has 1 aromatic heterocycles. The molecule has 0 amide bonds. The highest BCUT2D eigenvalue weighted by Gasteiger charge is 2.31. The fourth-order valence-electron chi connectivity index (χ4n) is 2.04. The lowest BCUT2D eigenvalue weighted by molar-refractivity contribution is 0.184. The zero-order chi connectivity index (χ0) is 11.1. The van der Waals surface area contributed by atoms with Crippen LogP contribution in [0.1, 0.15) is 41.8 Å². The summed E-state index contributed by atoms with van der Waals surface area (Å²) in [4.78, 5) is 4.20. The van der Waals surface area contributed by atoms with Gasteiger partial charge in [-0.3, -0.25) is 0 Å². The Bertz CT molecular complexity index is 519. The van der Waals surface area contributed by atoms with Crippen molar-refractivity contribution in [1.82, 2.24) is 10.1 Å². The smallest absolute Gasteiger partial charge is 0.234 e. The maximum Gasteiger partial charge on any atom is 0.234 e. The molecular weight excluding hydrogens is 204 g/mol. The molecule has 2 aromatic rings. The maximum atomic E-state index is 9.32. The number of rotatable bonds is 2. The molecule has 0 bridgehead atoms. The summed E-state index contributed by atoms with van der Waals surface area (Å²) in [5, 5.41) is 13.1. The van der Waals surface area contributed by atoms with Crippen molar-refractivity contribution in [2.24, 2.45) is 0 Å². The van der Waals surface area contributed by atoms with Crippen molar-refractivity contribution >= 4 is 0 Å². The second-order valence-electron chi connectivity index (χ2n) is 4.12. The Morgan fingerprint density at radius 1 is 1.44 bits per heavy atom. The largest absolute Gasteiger partial charge is 0.385 e. The van der Waals surface area contributed by atoms with Crippen LogP contribution in [0.25, 0.3) is 0 Å². The summed E-state index contributed by atoms with van der Waals surface area (Å²) in [6.45, 7) is 1.63. The van der Waals surface area contributed by atoms with Crippen molar-refractivity contribution in [3.05, 3.63) is 47.1 Å². The van der Waals surface area contributed by atoms with Crippen LogP contribution < -0.4 is 0 Å². The van der Waals surface area contributed by atoms with Gasteiger partial charge in [0.2, 0.25) is 5.89 Å². The minimum absolute atomic E-state index is 0.205. The molecule has 0 saturated carbocycles. The van der Waals surface area contributed by atoms with Gasteiger partial charge >= 0.3 is 0 Å². The van der Waals surface area contributed by atoms with Crippen LogP contribution in [0.3, 0.4) is 0 Å². The number of aliphatic hydroxyl groups excluding tert-OH is 1. The number of nitrogens with zero attached hydrogens (tertiary/aromatic N) is 2. The van der Waals surface area contributed by atoms with Crippen molar-refractivity contribution in [3.8, 4) is 0 Å². The first-order valence-electron chi connectivity index (χ1n) is 5.35. The Kier molecular flexibility index (Phi) is 2.04. The first-order valence-corrected chi connectivity index (χ1v) is 5.35. The quantitative estimate of drug-likeness (QED) is 0.831. The summed E-state index contributed by atoms with van der Waals surface area (Å²) < 4.78 is 5.17. The minimum Gasteiger partial charge on any atom is -0.385 e. The molecule has 0 spiro atoms. The van der Waals surface area contributed by atoms with E-state index in [9.17, 15) is 5.11 Å². The average Bonchev–Trinajstić information content (AvgIpc) is 2.69. The molecule has 4 nitrogen and oxygen atoms in total. The monoisotopic (exact) mass is 216 g/mol. The lowest BCUT2D eigenvalue weighted by Gasteiger charge is -2.26. The van der Waals surface area contributed by atoms with Crippen molar-refractivity contribution in [2.45, 2.75) is 25.4 Å². The molecule has 3 rings (SSSR count). The van der Waals surface area contributed by atoms with E-state index in [1.54, 1.807) is 6.92 Å². The van der Waals surface area contributed by atoms with E-state index in [4.69, 9.17) is 4.52 Å². The average molecular weight is 216 g/mol. The topological polar surface area (TPSA) is 59.2 Å². The van der Waals surface area contributed by atoms with E-state index in [1.165, 1.54) is 11.1 Å². The van der Waals surface area contributed by atoms with E-state index < -0.39 is 6.10 Å². The van der Waals surface area contributed by atoms with Crippen LogP contribution in [0.5, 0.6) is 0 Å². The van der Waals surface area contributed by atoms with Crippen molar-refractivity contribution in [3.63, 3.8) is 0 Å². The zero-order valence-corrected chi connectivity index (χ0v) is 8.92. The fourth-order valence-corrected chi connectivity index (χ4v) is 2.04. The maximum absolute atomic E-state index is 9.32. The number of benzene rings is 1. The molecule has 82 valence electrons. The van der Waals surface area contributed by atoms with Crippen LogP contribution in [0.15, 0.2) is 28.8 Å². The summed E-state index contributed by atoms with van der Waals surface area (Å²) >= 11 is 0. The summed E-state index contributed by atoms with van der Waals surface area (Å²) in [6.07, 6.45) is 0.269. The molecule has 2 unspecified atom stereocenters. The molecule has 1 aliphatic carbocycles. The van der Waals surface area contributed by atoms with Crippen molar-refractivity contribution in [2.75, 3.05) is 0 Å². The number of hydrogen-bond donors (Lipinski definition) is 1. The summed E-state index contributed by atoms with van der Waals surface area (Å²) in [5.41, 5.74) is 2.59. The molecule has 16 heavy (non-hydrogen) atoms. The van der Waals surface area contributed by atoms with Gasteiger partial charge in [0.05, 0.1) is 5.92 Å². The second-order valence-corrected chi connectivity index (χ2v) is 4.12. The molecular formula is C12H12N2O2. The van der Waals surface area contributed by atoms with Gasteiger partial charge in [-0.1, -0.05) is 29.4 Å². The van der Waals surface area contributed by atoms with E-state index in [1.807, 2.05) is 12.1 Å². The molecule has 1 heterocycles. The third kappa shape index (κ3) is 1.34. The normalized spacial score (nSPS) is 20.0. The first kappa shape index (κ1) is 9.54. The van der Waals surface area contributed by atoms with E-state index >= 15 is 0 Å². The van der Waals surface area contributed by atoms with E-state index in [-0.39, 0.29) is 5.92 Å². The summed E-state index contributed by atoms with van der Waals surface area (Å²) in [7, 11) is 0. The van der Waals surface area contributed by atoms with Crippen LogP contribution in [-0.2, 0) is 6.42 Å². The van der Waals surface area contributed by atoms with Crippen LogP contribution in [0.2, 0.25) is 0 Å². The third-order valence-corrected chi connectivity index (χ3v) is 2.98. The predicted molar refractivity (Wildman–Crippen MR) is 56.9 cm³/mol. The molecule has 4 heteroatoms. The molecule has 0 radical (unpaired) electrons. The third-order valence-electron chi connectivity index (χ3n) is 2.98. The number of aromatic nitrogens is 2. The van der Waals surface area contributed by atoms with Crippen molar-refractivity contribution in [1.29, 1.82) is 0 Å². The Morgan fingerprint density at radius 3 is 2.94 bits per heavy atom. The second kappa shape index (κ2) is 3.42. The van der Waals surface area contributed by atoms with Crippen molar-refractivity contribution < 1.29 is 9.63 Å².